The zero-order valence-corrected chi connectivity index (χ0v) is 12.8. The van der Waals surface area contributed by atoms with Gasteiger partial charge in [-0.1, -0.05) is 13.3 Å². The lowest BCUT2D eigenvalue weighted by atomic mass is 10.1. The fourth-order valence-corrected chi connectivity index (χ4v) is 2.96. The number of fused-ring (bicyclic) bond motifs is 2. The first-order valence-corrected chi connectivity index (χ1v) is 7.83. The van der Waals surface area contributed by atoms with Crippen LogP contribution in [0.5, 0.6) is 5.75 Å². The number of hydrogen-bond acceptors (Lipinski definition) is 3. The Kier molecular flexibility index (Phi) is 3.95. The molecule has 4 heteroatoms. The highest BCUT2D eigenvalue weighted by atomic mass is 16.5. The summed E-state index contributed by atoms with van der Waals surface area (Å²) < 4.78 is 5.81. The van der Waals surface area contributed by atoms with Gasteiger partial charge in [0.2, 0.25) is 0 Å². The molecule has 0 radical (unpaired) electrons. The van der Waals surface area contributed by atoms with Gasteiger partial charge in [0.15, 0.2) is 0 Å². The van der Waals surface area contributed by atoms with Crippen LogP contribution in [-0.2, 0) is 0 Å². The fourth-order valence-electron chi connectivity index (χ4n) is 2.96. The van der Waals surface area contributed by atoms with Crippen LogP contribution in [0.25, 0.3) is 0 Å². The maximum Gasteiger partial charge on any atom is 0.256 e. The predicted molar refractivity (Wildman–Crippen MR) is 83.8 cm³/mol. The molecule has 0 bridgehead atoms. The van der Waals surface area contributed by atoms with Crippen LogP contribution in [0.3, 0.4) is 0 Å². The maximum absolute atomic E-state index is 12.6. The van der Waals surface area contributed by atoms with E-state index in [-0.39, 0.29) is 11.9 Å². The Morgan fingerprint density at radius 2 is 2.29 bits per heavy atom. The Morgan fingerprint density at radius 1 is 1.43 bits per heavy atom. The van der Waals surface area contributed by atoms with Crippen LogP contribution in [0.1, 0.15) is 48.5 Å². The monoisotopic (exact) mass is 286 g/mol. The number of nitrogens with zero attached hydrogens (tertiary/aromatic N) is 2. The van der Waals surface area contributed by atoms with Crippen molar-refractivity contribution in [1.82, 2.24) is 4.90 Å². The summed E-state index contributed by atoms with van der Waals surface area (Å²) in [7, 11) is 0. The Labute approximate surface area is 125 Å². The molecule has 1 saturated heterocycles. The molecule has 3 rings (SSSR count). The van der Waals surface area contributed by atoms with Crippen LogP contribution in [0.15, 0.2) is 17.1 Å². The normalized spacial score (nSPS) is 20.2. The highest BCUT2D eigenvalue weighted by Gasteiger charge is 2.31. The van der Waals surface area contributed by atoms with Crippen molar-refractivity contribution in [2.24, 2.45) is 4.99 Å². The van der Waals surface area contributed by atoms with Crippen molar-refractivity contribution in [2.75, 3.05) is 13.2 Å². The van der Waals surface area contributed by atoms with Gasteiger partial charge >= 0.3 is 0 Å². The third-order valence-corrected chi connectivity index (χ3v) is 4.22. The van der Waals surface area contributed by atoms with E-state index >= 15 is 0 Å². The van der Waals surface area contributed by atoms with Gasteiger partial charge in [0.25, 0.3) is 5.91 Å². The average Bonchev–Trinajstić information content (AvgIpc) is 2.90. The zero-order valence-electron chi connectivity index (χ0n) is 12.8. The number of hydrogen-bond donors (Lipinski definition) is 0. The van der Waals surface area contributed by atoms with Gasteiger partial charge < -0.3 is 9.64 Å². The van der Waals surface area contributed by atoms with Gasteiger partial charge in [-0.3, -0.25) is 9.79 Å². The van der Waals surface area contributed by atoms with Crippen LogP contribution in [0.2, 0.25) is 0 Å². The van der Waals surface area contributed by atoms with Crippen LogP contribution in [-0.4, -0.2) is 36.2 Å². The third-order valence-electron chi connectivity index (χ3n) is 4.22. The molecule has 112 valence electrons. The van der Waals surface area contributed by atoms with Gasteiger partial charge in [-0.15, -0.1) is 0 Å². The number of rotatable bonds is 4. The second kappa shape index (κ2) is 5.88. The van der Waals surface area contributed by atoms with Gasteiger partial charge in [-0.2, -0.15) is 0 Å². The Bertz CT molecular complexity index is 580. The van der Waals surface area contributed by atoms with Gasteiger partial charge in [0.05, 0.1) is 23.9 Å². The highest BCUT2D eigenvalue weighted by molar-refractivity contribution is 6.03. The molecule has 0 unspecified atom stereocenters. The molecule has 1 amide bonds. The summed E-state index contributed by atoms with van der Waals surface area (Å²) in [6.07, 6.45) is 6.14. The molecular formula is C17H22N2O2. The lowest BCUT2D eigenvalue weighted by Crippen LogP contribution is -2.35. The molecule has 2 heterocycles. The van der Waals surface area contributed by atoms with E-state index in [4.69, 9.17) is 4.74 Å². The van der Waals surface area contributed by atoms with E-state index in [1.807, 2.05) is 30.2 Å². The van der Waals surface area contributed by atoms with E-state index in [1.54, 1.807) is 0 Å². The molecule has 0 saturated carbocycles. The number of unbranched alkanes of at least 4 members (excludes halogenated alkanes) is 1. The number of benzene rings is 1. The second-order valence-electron chi connectivity index (χ2n) is 5.82. The molecule has 1 aromatic rings. The van der Waals surface area contributed by atoms with Crippen molar-refractivity contribution in [1.29, 1.82) is 0 Å². The first kappa shape index (κ1) is 14.1. The molecule has 1 aromatic carbocycles. The first-order valence-electron chi connectivity index (χ1n) is 7.83. The summed E-state index contributed by atoms with van der Waals surface area (Å²) in [5.41, 5.74) is 2.45. The summed E-state index contributed by atoms with van der Waals surface area (Å²) in [5, 5.41) is 0. The van der Waals surface area contributed by atoms with Crippen LogP contribution in [0.4, 0.5) is 5.69 Å². The number of aliphatic imine (C=N–C) groups is 1. The zero-order chi connectivity index (χ0) is 14.8. The molecule has 21 heavy (non-hydrogen) atoms. The van der Waals surface area contributed by atoms with E-state index < -0.39 is 0 Å². The molecule has 0 aromatic heterocycles. The molecule has 4 nitrogen and oxygen atoms in total. The Balaban J connectivity index is 1.92. The molecule has 0 aliphatic carbocycles. The number of amides is 1. The average molecular weight is 286 g/mol. The van der Waals surface area contributed by atoms with E-state index in [9.17, 15) is 4.79 Å². The summed E-state index contributed by atoms with van der Waals surface area (Å²) >= 11 is 0. The first-order chi connectivity index (χ1) is 10.2. The van der Waals surface area contributed by atoms with Gasteiger partial charge in [-0.05, 0) is 37.8 Å². The molecule has 1 atom stereocenters. The number of carbonyl (C=O) groups excluding carboxylic acids is 1. The van der Waals surface area contributed by atoms with Crippen molar-refractivity contribution in [2.45, 2.75) is 45.6 Å². The minimum Gasteiger partial charge on any atom is -0.493 e. The summed E-state index contributed by atoms with van der Waals surface area (Å²) in [6, 6.07) is 4.00. The minimum absolute atomic E-state index is 0.105. The van der Waals surface area contributed by atoms with E-state index in [2.05, 4.69) is 11.9 Å². The lowest BCUT2D eigenvalue weighted by molar-refractivity contribution is 0.0775. The maximum atomic E-state index is 12.6. The smallest absolute Gasteiger partial charge is 0.256 e. The van der Waals surface area contributed by atoms with Crippen LogP contribution >= 0.6 is 0 Å². The second-order valence-corrected chi connectivity index (χ2v) is 5.82. The van der Waals surface area contributed by atoms with Gasteiger partial charge in [-0.25, -0.2) is 0 Å². The number of ether oxygens (including phenoxy) is 1. The van der Waals surface area contributed by atoms with Crippen molar-refractivity contribution in [3.8, 4) is 5.75 Å². The van der Waals surface area contributed by atoms with E-state index in [1.165, 1.54) is 0 Å². The standard InChI is InChI=1S/C17H22N2O2/c1-3-4-8-21-16-10-15-14(9-12(16)2)17(20)19-7-5-6-13(19)11-18-15/h9-11,13H,3-8H2,1-2H3/t13-/m0/s1. The Hall–Kier alpha value is -1.84. The topological polar surface area (TPSA) is 41.9 Å². The van der Waals surface area contributed by atoms with Gasteiger partial charge in [0.1, 0.15) is 5.75 Å². The minimum atomic E-state index is 0.105. The van der Waals surface area contributed by atoms with E-state index in [0.717, 1.165) is 49.2 Å². The largest absolute Gasteiger partial charge is 0.493 e. The number of carbonyl (C=O) groups is 1. The van der Waals surface area contributed by atoms with E-state index in [0.29, 0.717) is 12.2 Å². The number of aryl methyl sites for hydroxylation is 1. The summed E-state index contributed by atoms with van der Waals surface area (Å²) in [6.45, 7) is 5.68. The summed E-state index contributed by atoms with van der Waals surface area (Å²) in [4.78, 5) is 19.1. The van der Waals surface area contributed by atoms with Crippen molar-refractivity contribution in [3.05, 3.63) is 23.3 Å². The molecule has 2 aliphatic heterocycles. The third kappa shape index (κ3) is 2.67. The fraction of sp³-hybridized carbons (Fsp3) is 0.529. The molecule has 2 aliphatic rings. The van der Waals surface area contributed by atoms with Crippen LogP contribution < -0.4 is 4.74 Å². The van der Waals surface area contributed by atoms with Crippen molar-refractivity contribution in [3.63, 3.8) is 0 Å². The Morgan fingerprint density at radius 3 is 3.10 bits per heavy atom. The highest BCUT2D eigenvalue weighted by Crippen LogP contribution is 2.33. The van der Waals surface area contributed by atoms with Crippen molar-refractivity contribution < 1.29 is 9.53 Å². The SMILES string of the molecule is CCCCOc1cc2c(cc1C)C(=O)N1CCC[C@H]1C=N2. The predicted octanol–water partition coefficient (Wildman–Crippen LogP) is 3.49. The summed E-state index contributed by atoms with van der Waals surface area (Å²) in [5.74, 6) is 0.947. The molecule has 0 spiro atoms. The van der Waals surface area contributed by atoms with Crippen LogP contribution in [0, 0.1) is 6.92 Å². The quantitative estimate of drug-likeness (QED) is 0.795. The molecular weight excluding hydrogens is 264 g/mol. The van der Waals surface area contributed by atoms with Gasteiger partial charge in [0, 0.05) is 18.8 Å². The molecule has 0 N–H and O–H groups in total. The lowest BCUT2D eigenvalue weighted by Gasteiger charge is -2.20. The van der Waals surface area contributed by atoms with Crippen molar-refractivity contribution >= 4 is 17.8 Å². The molecule has 1 fully saturated rings.